The van der Waals surface area contributed by atoms with E-state index in [0.717, 1.165) is 12.8 Å². The molecule has 1 aromatic rings. The lowest BCUT2D eigenvalue weighted by atomic mass is 10.00. The Kier molecular flexibility index (Phi) is 9.06. The molecule has 0 aliphatic rings. The molecule has 0 bridgehead atoms. The Balaban J connectivity index is 3.15. The van der Waals surface area contributed by atoms with Crippen molar-refractivity contribution in [3.05, 3.63) is 11.8 Å². The highest BCUT2D eigenvalue weighted by atomic mass is 19.4. The minimum absolute atomic E-state index is 0.136. The highest BCUT2D eigenvalue weighted by Gasteiger charge is 2.35. The van der Waals surface area contributed by atoms with Crippen LogP contribution in [0.3, 0.4) is 0 Å². The molecule has 12 heteroatoms. The lowest BCUT2D eigenvalue weighted by Crippen LogP contribution is -2.45. The van der Waals surface area contributed by atoms with Crippen LogP contribution in [0.1, 0.15) is 45.2 Å². The lowest BCUT2D eigenvalue weighted by Gasteiger charge is -2.24. The van der Waals surface area contributed by atoms with Crippen LogP contribution in [-0.4, -0.2) is 45.6 Å². The molecule has 9 nitrogen and oxygen atoms in total. The molecular weight excluding hydrogens is 381 g/mol. The van der Waals surface area contributed by atoms with Gasteiger partial charge in [0.1, 0.15) is 0 Å². The first-order valence-corrected chi connectivity index (χ1v) is 8.83. The monoisotopic (exact) mass is 406 g/mol. The van der Waals surface area contributed by atoms with Crippen molar-refractivity contribution < 1.29 is 28.0 Å². The Morgan fingerprint density at radius 3 is 2.57 bits per heavy atom. The van der Waals surface area contributed by atoms with Gasteiger partial charge in [-0.05, 0) is 13.3 Å². The Bertz CT molecular complexity index is 659. The standard InChI is InChI=1S/C16H25F3N6O3/c1-3-5-6-7-11(9-24(28)10-26)14(27)25(20)13-8-12(16(17,18)19)22-15(23-13)21-4-2/h8,10-11,28H,3-7,9,20H2,1-2H3,(H,21,22,23). The minimum Gasteiger partial charge on any atom is -0.354 e. The van der Waals surface area contributed by atoms with E-state index in [-0.39, 0.29) is 25.4 Å². The van der Waals surface area contributed by atoms with E-state index in [1.165, 1.54) is 0 Å². The number of aromatic nitrogens is 2. The van der Waals surface area contributed by atoms with E-state index in [1.54, 1.807) is 6.92 Å². The van der Waals surface area contributed by atoms with Gasteiger partial charge in [-0.25, -0.2) is 20.9 Å². The molecule has 0 aliphatic heterocycles. The van der Waals surface area contributed by atoms with Crippen LogP contribution < -0.4 is 16.2 Å². The molecule has 0 aromatic carbocycles. The number of halogens is 3. The van der Waals surface area contributed by atoms with Crippen LogP contribution in [0.2, 0.25) is 0 Å². The molecular formula is C16H25F3N6O3. The van der Waals surface area contributed by atoms with E-state index in [0.29, 0.717) is 29.0 Å². The Morgan fingerprint density at radius 1 is 1.36 bits per heavy atom. The summed E-state index contributed by atoms with van der Waals surface area (Å²) in [5.74, 6) is 3.30. The number of hydrogen-bond donors (Lipinski definition) is 3. The van der Waals surface area contributed by atoms with Gasteiger partial charge in [-0.1, -0.05) is 26.2 Å². The Hall–Kier alpha value is -2.47. The number of rotatable bonds is 11. The third-order valence-corrected chi connectivity index (χ3v) is 3.86. The topological polar surface area (TPSA) is 125 Å². The number of carbonyl (C=O) groups excluding carboxylic acids is 2. The SMILES string of the molecule is CCCCCC(CN(O)C=O)C(=O)N(N)c1cc(C(F)(F)F)nc(NCC)n1. The van der Waals surface area contributed by atoms with Crippen LogP contribution in [0.5, 0.6) is 0 Å². The van der Waals surface area contributed by atoms with E-state index in [9.17, 15) is 28.0 Å². The Morgan fingerprint density at radius 2 is 2.04 bits per heavy atom. The fourth-order valence-electron chi connectivity index (χ4n) is 2.45. The molecule has 1 rings (SSSR count). The number of nitrogens with two attached hydrogens (primary N) is 1. The maximum atomic E-state index is 13.1. The molecule has 2 amide bonds. The van der Waals surface area contributed by atoms with Crippen molar-refractivity contribution in [1.82, 2.24) is 15.0 Å². The van der Waals surface area contributed by atoms with Crippen molar-refractivity contribution in [3.8, 4) is 0 Å². The summed E-state index contributed by atoms with van der Waals surface area (Å²) in [6, 6.07) is 0.568. The number of hydrogen-bond acceptors (Lipinski definition) is 7. The number of amides is 2. The quantitative estimate of drug-likeness (QED) is 0.128. The van der Waals surface area contributed by atoms with E-state index >= 15 is 0 Å². The van der Waals surface area contributed by atoms with Gasteiger partial charge in [-0.3, -0.25) is 14.8 Å². The van der Waals surface area contributed by atoms with E-state index in [2.05, 4.69) is 15.3 Å². The number of alkyl halides is 3. The average molecular weight is 406 g/mol. The predicted octanol–water partition coefficient (Wildman–Crippen LogP) is 2.18. The highest BCUT2D eigenvalue weighted by Crippen LogP contribution is 2.30. The normalized spacial score (nSPS) is 12.4. The van der Waals surface area contributed by atoms with Crippen molar-refractivity contribution in [3.63, 3.8) is 0 Å². The number of unbranched alkanes of at least 4 members (excludes halogenated alkanes) is 2. The van der Waals surface area contributed by atoms with Crippen molar-refractivity contribution in [2.45, 2.75) is 45.7 Å². The summed E-state index contributed by atoms with van der Waals surface area (Å²) in [5, 5.41) is 12.8. The van der Waals surface area contributed by atoms with Crippen LogP contribution in [0.15, 0.2) is 6.07 Å². The van der Waals surface area contributed by atoms with Gasteiger partial charge in [0, 0.05) is 12.6 Å². The van der Waals surface area contributed by atoms with Gasteiger partial charge >= 0.3 is 6.18 Å². The zero-order valence-electron chi connectivity index (χ0n) is 15.7. The first kappa shape index (κ1) is 23.6. The number of nitrogens with zero attached hydrogens (tertiary/aromatic N) is 4. The summed E-state index contributed by atoms with van der Waals surface area (Å²) in [5.41, 5.74) is -1.25. The third kappa shape index (κ3) is 6.93. The minimum atomic E-state index is -4.76. The first-order chi connectivity index (χ1) is 13.1. The largest absolute Gasteiger partial charge is 0.433 e. The summed E-state index contributed by atoms with van der Waals surface area (Å²) < 4.78 is 39.3. The van der Waals surface area contributed by atoms with Crippen LogP contribution in [0, 0.1) is 5.92 Å². The molecule has 1 heterocycles. The van der Waals surface area contributed by atoms with E-state index in [1.807, 2.05) is 6.92 Å². The molecule has 4 N–H and O–H groups in total. The molecule has 158 valence electrons. The van der Waals surface area contributed by atoms with Crippen molar-refractivity contribution in [2.24, 2.45) is 11.8 Å². The zero-order chi connectivity index (χ0) is 21.3. The van der Waals surface area contributed by atoms with Crippen molar-refractivity contribution in [1.29, 1.82) is 0 Å². The smallest absolute Gasteiger partial charge is 0.354 e. The van der Waals surface area contributed by atoms with Crippen LogP contribution in [-0.2, 0) is 15.8 Å². The molecule has 1 unspecified atom stereocenters. The summed E-state index contributed by atoms with van der Waals surface area (Å²) in [6.45, 7) is 3.53. The number of carbonyl (C=O) groups is 2. The van der Waals surface area contributed by atoms with Crippen molar-refractivity contribution in [2.75, 3.05) is 23.4 Å². The van der Waals surface area contributed by atoms with Gasteiger partial charge in [-0.15, -0.1) is 0 Å². The fourth-order valence-corrected chi connectivity index (χ4v) is 2.45. The second kappa shape index (κ2) is 10.8. The molecule has 0 fully saturated rings. The molecule has 28 heavy (non-hydrogen) atoms. The van der Waals surface area contributed by atoms with E-state index < -0.39 is 29.5 Å². The summed E-state index contributed by atoms with van der Waals surface area (Å²) >= 11 is 0. The third-order valence-electron chi connectivity index (χ3n) is 3.86. The fraction of sp³-hybridized carbons (Fsp3) is 0.625. The Labute approximate surface area is 160 Å². The number of nitrogens with one attached hydrogen (secondary N) is 1. The average Bonchev–Trinajstić information content (AvgIpc) is 2.65. The van der Waals surface area contributed by atoms with Gasteiger partial charge in [-0.2, -0.15) is 18.2 Å². The molecule has 0 saturated carbocycles. The zero-order valence-corrected chi connectivity index (χ0v) is 15.7. The van der Waals surface area contributed by atoms with Crippen LogP contribution >= 0.6 is 0 Å². The molecule has 1 aromatic heterocycles. The number of anilines is 2. The first-order valence-electron chi connectivity index (χ1n) is 8.83. The van der Waals surface area contributed by atoms with Gasteiger partial charge in [0.2, 0.25) is 18.3 Å². The van der Waals surface area contributed by atoms with Gasteiger partial charge in [0.25, 0.3) is 0 Å². The second-order valence-electron chi connectivity index (χ2n) is 6.09. The maximum Gasteiger partial charge on any atom is 0.433 e. The summed E-state index contributed by atoms with van der Waals surface area (Å²) in [7, 11) is 0. The number of hydroxylamine groups is 2. The lowest BCUT2D eigenvalue weighted by molar-refractivity contribution is -0.154. The van der Waals surface area contributed by atoms with Gasteiger partial charge in [0.05, 0.1) is 12.5 Å². The molecule has 1 atom stereocenters. The summed E-state index contributed by atoms with van der Waals surface area (Å²) in [6.07, 6.45) is -2.04. The predicted molar refractivity (Wildman–Crippen MR) is 95.1 cm³/mol. The number of hydrazine groups is 1. The van der Waals surface area contributed by atoms with Crippen molar-refractivity contribution >= 4 is 24.1 Å². The second-order valence-corrected chi connectivity index (χ2v) is 6.09. The van der Waals surface area contributed by atoms with Crippen LogP contribution in [0.25, 0.3) is 0 Å². The van der Waals surface area contributed by atoms with Gasteiger partial charge < -0.3 is 5.32 Å². The molecule has 0 radical (unpaired) electrons. The maximum absolute atomic E-state index is 13.1. The van der Waals surface area contributed by atoms with Gasteiger partial charge in [0.15, 0.2) is 11.5 Å². The van der Waals surface area contributed by atoms with E-state index in [4.69, 9.17) is 5.84 Å². The van der Waals surface area contributed by atoms with Crippen LogP contribution in [0.4, 0.5) is 24.9 Å². The molecule has 0 spiro atoms. The highest BCUT2D eigenvalue weighted by molar-refractivity contribution is 5.93. The molecule has 0 aliphatic carbocycles. The summed E-state index contributed by atoms with van der Waals surface area (Å²) in [4.78, 5) is 30.6. The molecule has 0 saturated heterocycles.